The highest BCUT2D eigenvalue weighted by Crippen LogP contribution is 2.40. The van der Waals surface area contributed by atoms with E-state index in [1.165, 1.54) is 44.9 Å². The Morgan fingerprint density at radius 2 is 1.61 bits per heavy atom. The minimum atomic E-state index is 0.487. The monoisotopic (exact) mass is 251 g/mol. The maximum Gasteiger partial charge on any atom is 0.0933 e. The van der Waals surface area contributed by atoms with Gasteiger partial charge in [-0.2, -0.15) is 0 Å². The molecule has 2 heteroatoms. The number of hydrogen-bond acceptors (Lipinski definition) is 1. The van der Waals surface area contributed by atoms with E-state index in [4.69, 9.17) is 5.73 Å². The van der Waals surface area contributed by atoms with E-state index >= 15 is 0 Å². The highest BCUT2D eigenvalue weighted by Gasteiger charge is 2.51. The van der Waals surface area contributed by atoms with Crippen molar-refractivity contribution in [3.63, 3.8) is 0 Å². The van der Waals surface area contributed by atoms with Gasteiger partial charge in [-0.1, -0.05) is 26.7 Å². The van der Waals surface area contributed by atoms with Gasteiger partial charge in [0.1, 0.15) is 0 Å². The third-order valence-electron chi connectivity index (χ3n) is 6.37. The first-order valence-corrected chi connectivity index (χ1v) is 8.29. The topological polar surface area (TPSA) is 42.6 Å². The van der Waals surface area contributed by atoms with Gasteiger partial charge in [0.2, 0.25) is 0 Å². The molecule has 7 atom stereocenters. The summed E-state index contributed by atoms with van der Waals surface area (Å²) >= 11 is 0. The molecule has 0 amide bonds. The molecule has 0 bridgehead atoms. The van der Waals surface area contributed by atoms with Gasteiger partial charge in [0.15, 0.2) is 0 Å². The van der Waals surface area contributed by atoms with E-state index in [1.54, 1.807) is 0 Å². The molecule has 0 radical (unpaired) electrons. The van der Waals surface area contributed by atoms with Crippen molar-refractivity contribution < 1.29 is 5.32 Å². The van der Waals surface area contributed by atoms with Crippen molar-refractivity contribution in [2.45, 2.75) is 76.9 Å². The summed E-state index contributed by atoms with van der Waals surface area (Å²) in [5.74, 6) is 3.32. The van der Waals surface area contributed by atoms with Gasteiger partial charge in [0.05, 0.1) is 12.1 Å². The van der Waals surface area contributed by atoms with Crippen LogP contribution in [-0.2, 0) is 0 Å². The summed E-state index contributed by atoms with van der Waals surface area (Å²) in [6, 6.07) is 2.15. The van der Waals surface area contributed by atoms with Crippen molar-refractivity contribution in [1.29, 1.82) is 0 Å². The summed E-state index contributed by atoms with van der Waals surface area (Å²) in [6.45, 7) is 4.91. The minimum Gasteiger partial charge on any atom is -0.341 e. The van der Waals surface area contributed by atoms with Crippen LogP contribution in [0.5, 0.6) is 0 Å². The van der Waals surface area contributed by atoms with Gasteiger partial charge in [-0.05, 0) is 38.0 Å². The van der Waals surface area contributed by atoms with Gasteiger partial charge in [-0.3, -0.25) is 0 Å². The molecule has 3 aliphatic rings. The fraction of sp³-hybridized carbons (Fsp3) is 1.00. The van der Waals surface area contributed by atoms with Gasteiger partial charge in [0, 0.05) is 23.8 Å². The van der Waals surface area contributed by atoms with Gasteiger partial charge >= 0.3 is 0 Å². The van der Waals surface area contributed by atoms with Crippen LogP contribution in [0.15, 0.2) is 0 Å². The average molecular weight is 251 g/mol. The molecule has 0 aromatic heterocycles. The molecule has 3 rings (SSSR count). The Balaban J connectivity index is 1.83. The lowest BCUT2D eigenvalue weighted by molar-refractivity contribution is -0.753. The average Bonchev–Trinajstić information content (AvgIpc) is 2.59. The molecule has 0 aromatic rings. The van der Waals surface area contributed by atoms with Crippen LogP contribution in [0.3, 0.4) is 0 Å². The molecule has 1 aliphatic heterocycles. The highest BCUT2D eigenvalue weighted by atomic mass is 15.0. The first-order chi connectivity index (χ1) is 8.68. The molecule has 104 valence electrons. The van der Waals surface area contributed by atoms with Gasteiger partial charge in [-0.25, -0.2) is 0 Å². The predicted octanol–water partition coefficient (Wildman–Crippen LogP) is 1.89. The Bertz CT molecular complexity index is 291. The Kier molecular flexibility index (Phi) is 3.68. The van der Waals surface area contributed by atoms with Gasteiger partial charge in [0.25, 0.3) is 0 Å². The van der Waals surface area contributed by atoms with Crippen molar-refractivity contribution >= 4 is 0 Å². The molecular formula is C16H31N2+. The predicted molar refractivity (Wildman–Crippen MR) is 75.1 cm³/mol. The normalized spacial score (nSPS) is 53.2. The zero-order chi connectivity index (χ0) is 12.7. The summed E-state index contributed by atoms with van der Waals surface area (Å²) in [6.07, 6.45) is 9.93. The maximum absolute atomic E-state index is 6.75. The van der Waals surface area contributed by atoms with Crippen molar-refractivity contribution in [3.05, 3.63) is 0 Å². The second-order valence-electron chi connectivity index (χ2n) is 7.42. The molecule has 2 aliphatic carbocycles. The van der Waals surface area contributed by atoms with E-state index in [0.717, 1.165) is 35.8 Å². The third kappa shape index (κ3) is 2.12. The molecule has 3 fully saturated rings. The first kappa shape index (κ1) is 12.9. The number of nitrogens with two attached hydrogens (primary N) is 2. The van der Waals surface area contributed by atoms with Crippen molar-refractivity contribution in [3.8, 4) is 0 Å². The lowest BCUT2D eigenvalue weighted by Gasteiger charge is -2.50. The SMILES string of the molecule is CC1CCC(C)C2C(N)C3CCCCCC3[NH2+]C12. The first-order valence-electron chi connectivity index (χ1n) is 8.29. The number of hydrogen-bond donors (Lipinski definition) is 2. The van der Waals surface area contributed by atoms with Crippen molar-refractivity contribution in [2.75, 3.05) is 0 Å². The van der Waals surface area contributed by atoms with E-state index < -0.39 is 0 Å². The zero-order valence-electron chi connectivity index (χ0n) is 12.1. The summed E-state index contributed by atoms with van der Waals surface area (Å²) in [5.41, 5.74) is 6.75. The zero-order valence-corrected chi connectivity index (χ0v) is 12.1. The lowest BCUT2D eigenvalue weighted by atomic mass is 9.62. The minimum absolute atomic E-state index is 0.487. The lowest BCUT2D eigenvalue weighted by Crippen LogP contribution is -3.03. The molecule has 7 unspecified atom stereocenters. The quantitative estimate of drug-likeness (QED) is 0.678. The Morgan fingerprint density at radius 1 is 0.889 bits per heavy atom. The van der Waals surface area contributed by atoms with Crippen LogP contribution in [-0.4, -0.2) is 18.1 Å². The van der Waals surface area contributed by atoms with E-state index in [0.29, 0.717) is 6.04 Å². The largest absolute Gasteiger partial charge is 0.341 e. The van der Waals surface area contributed by atoms with Crippen molar-refractivity contribution in [2.24, 2.45) is 29.4 Å². The number of rotatable bonds is 0. The Labute approximate surface area is 112 Å². The molecular weight excluding hydrogens is 220 g/mol. The van der Waals surface area contributed by atoms with Crippen LogP contribution in [0.4, 0.5) is 0 Å². The van der Waals surface area contributed by atoms with Crippen LogP contribution in [0, 0.1) is 23.7 Å². The molecule has 0 aromatic carbocycles. The van der Waals surface area contributed by atoms with Crippen LogP contribution in [0.2, 0.25) is 0 Å². The molecule has 2 nitrogen and oxygen atoms in total. The summed E-state index contributed by atoms with van der Waals surface area (Å²) in [4.78, 5) is 0. The van der Waals surface area contributed by atoms with Crippen LogP contribution in [0.1, 0.15) is 58.8 Å². The summed E-state index contributed by atoms with van der Waals surface area (Å²) in [5, 5.41) is 2.77. The fourth-order valence-electron chi connectivity index (χ4n) is 5.28. The Morgan fingerprint density at radius 3 is 2.44 bits per heavy atom. The number of fused-ring (bicyclic) bond motifs is 2. The van der Waals surface area contributed by atoms with Crippen LogP contribution in [0.25, 0.3) is 0 Å². The standard InChI is InChI=1S/C16H30N2/c1-10-8-9-11(2)16-14(10)15(17)12-6-4-3-5-7-13(12)18-16/h10-16,18H,3-9,17H2,1-2H3/p+1. The molecule has 0 spiro atoms. The molecule has 1 heterocycles. The third-order valence-corrected chi connectivity index (χ3v) is 6.37. The number of piperidine rings is 1. The Hall–Kier alpha value is -0.0800. The smallest absolute Gasteiger partial charge is 0.0933 e. The van der Waals surface area contributed by atoms with E-state index in [2.05, 4.69) is 19.2 Å². The summed E-state index contributed by atoms with van der Waals surface area (Å²) < 4.78 is 0. The van der Waals surface area contributed by atoms with Gasteiger partial charge < -0.3 is 11.1 Å². The van der Waals surface area contributed by atoms with E-state index in [9.17, 15) is 0 Å². The van der Waals surface area contributed by atoms with Gasteiger partial charge in [-0.15, -0.1) is 0 Å². The van der Waals surface area contributed by atoms with E-state index in [-0.39, 0.29) is 0 Å². The number of quaternary nitrogens is 1. The second kappa shape index (κ2) is 5.13. The van der Waals surface area contributed by atoms with Crippen molar-refractivity contribution in [1.82, 2.24) is 0 Å². The van der Waals surface area contributed by atoms with E-state index in [1.807, 2.05) is 0 Å². The summed E-state index contributed by atoms with van der Waals surface area (Å²) in [7, 11) is 0. The fourth-order valence-corrected chi connectivity index (χ4v) is 5.28. The molecule has 4 N–H and O–H groups in total. The molecule has 1 saturated heterocycles. The highest BCUT2D eigenvalue weighted by molar-refractivity contribution is 4.97. The maximum atomic E-state index is 6.75. The second-order valence-corrected chi connectivity index (χ2v) is 7.42. The molecule has 18 heavy (non-hydrogen) atoms. The van der Waals surface area contributed by atoms with Crippen LogP contribution < -0.4 is 11.1 Å². The molecule has 2 saturated carbocycles. The van der Waals surface area contributed by atoms with Crippen LogP contribution >= 0.6 is 0 Å².